The van der Waals surface area contributed by atoms with Crippen molar-refractivity contribution < 1.29 is 28.2 Å². The Kier molecular flexibility index (Phi) is 9.54. The fourth-order valence-electron chi connectivity index (χ4n) is 4.79. The van der Waals surface area contributed by atoms with Crippen LogP contribution < -0.4 is 14.8 Å². The first-order valence-corrected chi connectivity index (χ1v) is 13.7. The summed E-state index contributed by atoms with van der Waals surface area (Å²) in [4.78, 5) is 32.7. The minimum absolute atomic E-state index is 0.0466. The van der Waals surface area contributed by atoms with Crippen molar-refractivity contribution in [3.63, 3.8) is 0 Å². The number of hydrogen-bond donors (Lipinski definition) is 1. The third-order valence-corrected chi connectivity index (χ3v) is 7.00. The van der Waals surface area contributed by atoms with E-state index in [1.165, 1.54) is 0 Å². The lowest BCUT2D eigenvalue weighted by molar-refractivity contribution is -0.133. The van der Waals surface area contributed by atoms with E-state index in [1.807, 2.05) is 54.6 Å². The molecule has 3 heterocycles. The second kappa shape index (κ2) is 13.9. The van der Waals surface area contributed by atoms with Gasteiger partial charge in [-0.05, 0) is 41.8 Å². The van der Waals surface area contributed by atoms with Gasteiger partial charge in [-0.1, -0.05) is 36.4 Å². The first-order chi connectivity index (χ1) is 19.6. The molecule has 0 saturated carbocycles. The number of hydrogen-bond acceptors (Lipinski definition) is 7. The standard InChI is InChI=1S/C30H36N4O6/c35-29(34(21-26-8-4-15-38-26)20-25-9-10-27-28(18-25)40-23-39-27)22-33(12-5-11-32-13-16-37-17-14-32)30(36)31-19-24-6-2-1-3-7-24/h1-4,6-10,15,18H,5,11-14,16-17,19-23H2,(H,31,36). The molecule has 0 atom stereocenters. The molecule has 2 aromatic carbocycles. The zero-order valence-corrected chi connectivity index (χ0v) is 22.6. The number of ether oxygens (including phenoxy) is 3. The van der Waals surface area contributed by atoms with Gasteiger partial charge >= 0.3 is 6.03 Å². The van der Waals surface area contributed by atoms with Crippen molar-refractivity contribution in [3.8, 4) is 11.5 Å². The SMILES string of the molecule is O=C(CN(CCCN1CCOCC1)C(=O)NCc1ccccc1)N(Cc1ccc2c(c1)OCO2)Cc1ccco1. The van der Waals surface area contributed by atoms with Gasteiger partial charge in [0.15, 0.2) is 11.5 Å². The van der Waals surface area contributed by atoms with Gasteiger partial charge in [0.2, 0.25) is 12.7 Å². The topological polar surface area (TPSA) is 96.7 Å². The Labute approximate surface area is 234 Å². The van der Waals surface area contributed by atoms with Crippen LogP contribution in [0.5, 0.6) is 11.5 Å². The van der Waals surface area contributed by atoms with Crippen molar-refractivity contribution in [1.82, 2.24) is 20.0 Å². The molecule has 0 unspecified atom stereocenters. The van der Waals surface area contributed by atoms with Gasteiger partial charge < -0.3 is 33.7 Å². The monoisotopic (exact) mass is 548 g/mol. The van der Waals surface area contributed by atoms with Gasteiger partial charge in [0.1, 0.15) is 12.3 Å². The van der Waals surface area contributed by atoms with Gasteiger partial charge in [0.25, 0.3) is 0 Å². The first kappa shape index (κ1) is 27.5. The summed E-state index contributed by atoms with van der Waals surface area (Å²) < 4.78 is 21.9. The Morgan fingerprint density at radius 3 is 2.50 bits per heavy atom. The number of furan rings is 1. The summed E-state index contributed by atoms with van der Waals surface area (Å²) >= 11 is 0. The number of nitrogens with one attached hydrogen (secondary N) is 1. The van der Waals surface area contributed by atoms with E-state index in [0.29, 0.717) is 36.9 Å². The molecule has 1 aromatic heterocycles. The van der Waals surface area contributed by atoms with E-state index < -0.39 is 0 Å². The van der Waals surface area contributed by atoms with E-state index in [2.05, 4.69) is 10.2 Å². The van der Waals surface area contributed by atoms with Gasteiger partial charge in [-0.15, -0.1) is 0 Å². The zero-order chi connectivity index (χ0) is 27.6. The average molecular weight is 549 g/mol. The first-order valence-electron chi connectivity index (χ1n) is 13.7. The third-order valence-electron chi connectivity index (χ3n) is 7.00. The van der Waals surface area contributed by atoms with Crippen molar-refractivity contribution in [2.75, 3.05) is 52.7 Å². The molecule has 0 bridgehead atoms. The highest BCUT2D eigenvalue weighted by Crippen LogP contribution is 2.33. The van der Waals surface area contributed by atoms with Crippen LogP contribution in [-0.2, 0) is 29.2 Å². The summed E-state index contributed by atoms with van der Waals surface area (Å²) in [5, 5.41) is 2.99. The summed E-state index contributed by atoms with van der Waals surface area (Å²) in [5.74, 6) is 1.85. The van der Waals surface area contributed by atoms with Crippen LogP contribution in [0.1, 0.15) is 23.3 Å². The predicted octanol–water partition coefficient (Wildman–Crippen LogP) is 3.47. The quantitative estimate of drug-likeness (QED) is 0.370. The van der Waals surface area contributed by atoms with Crippen LogP contribution in [0.4, 0.5) is 4.79 Å². The van der Waals surface area contributed by atoms with E-state index in [-0.39, 0.29) is 31.8 Å². The highest BCUT2D eigenvalue weighted by Gasteiger charge is 2.24. The maximum absolute atomic E-state index is 13.7. The van der Waals surface area contributed by atoms with Crippen LogP contribution in [0.15, 0.2) is 71.3 Å². The van der Waals surface area contributed by atoms with Gasteiger partial charge in [-0.3, -0.25) is 9.69 Å². The maximum atomic E-state index is 13.7. The molecule has 2 aliphatic heterocycles. The predicted molar refractivity (Wildman–Crippen MR) is 148 cm³/mol. The molecule has 3 aromatic rings. The Hall–Kier alpha value is -4.02. The molecule has 1 saturated heterocycles. The van der Waals surface area contributed by atoms with Crippen molar-refractivity contribution in [3.05, 3.63) is 83.8 Å². The zero-order valence-electron chi connectivity index (χ0n) is 22.6. The lowest BCUT2D eigenvalue weighted by Crippen LogP contribution is -2.47. The molecule has 0 aliphatic carbocycles. The van der Waals surface area contributed by atoms with Crippen molar-refractivity contribution in [1.29, 1.82) is 0 Å². The van der Waals surface area contributed by atoms with Crippen LogP contribution in [0.2, 0.25) is 0 Å². The number of amides is 3. The Morgan fingerprint density at radius 1 is 0.875 bits per heavy atom. The molecule has 2 aliphatic rings. The van der Waals surface area contributed by atoms with Crippen molar-refractivity contribution in [2.24, 2.45) is 0 Å². The molecule has 3 amide bonds. The van der Waals surface area contributed by atoms with E-state index in [1.54, 1.807) is 22.1 Å². The summed E-state index contributed by atoms with van der Waals surface area (Å²) in [6.07, 6.45) is 2.35. The fourth-order valence-corrected chi connectivity index (χ4v) is 4.79. The Morgan fingerprint density at radius 2 is 1.70 bits per heavy atom. The average Bonchev–Trinajstić information content (AvgIpc) is 3.68. The van der Waals surface area contributed by atoms with E-state index in [4.69, 9.17) is 18.6 Å². The molecule has 5 rings (SSSR count). The number of carbonyl (C=O) groups excluding carboxylic acids is 2. The molecular weight excluding hydrogens is 512 g/mol. The van der Waals surface area contributed by atoms with Crippen LogP contribution in [-0.4, -0.2) is 79.4 Å². The smallest absolute Gasteiger partial charge is 0.318 e. The second-order valence-corrected chi connectivity index (χ2v) is 9.89. The van der Waals surface area contributed by atoms with E-state index >= 15 is 0 Å². The normalized spacial score (nSPS) is 14.6. The molecule has 1 fully saturated rings. The van der Waals surface area contributed by atoms with Crippen LogP contribution in [0.25, 0.3) is 0 Å². The second-order valence-electron chi connectivity index (χ2n) is 9.89. The fraction of sp³-hybridized carbons (Fsp3) is 0.400. The van der Waals surface area contributed by atoms with E-state index in [9.17, 15) is 9.59 Å². The Bertz CT molecular complexity index is 1230. The lowest BCUT2D eigenvalue weighted by Gasteiger charge is -2.30. The molecular formula is C30H36N4O6. The molecule has 1 N–H and O–H groups in total. The number of nitrogens with zero attached hydrogens (tertiary/aromatic N) is 3. The lowest BCUT2D eigenvalue weighted by atomic mass is 10.2. The van der Waals surface area contributed by atoms with Crippen LogP contribution in [0, 0.1) is 0 Å². The van der Waals surface area contributed by atoms with Crippen LogP contribution >= 0.6 is 0 Å². The largest absolute Gasteiger partial charge is 0.467 e. The maximum Gasteiger partial charge on any atom is 0.318 e. The summed E-state index contributed by atoms with van der Waals surface area (Å²) in [5.41, 5.74) is 1.90. The summed E-state index contributed by atoms with van der Waals surface area (Å²) in [6, 6.07) is 18.8. The molecule has 0 radical (unpaired) electrons. The molecule has 0 spiro atoms. The number of fused-ring (bicyclic) bond motifs is 1. The van der Waals surface area contributed by atoms with Gasteiger partial charge in [-0.2, -0.15) is 0 Å². The molecule has 10 nitrogen and oxygen atoms in total. The van der Waals surface area contributed by atoms with Crippen molar-refractivity contribution in [2.45, 2.75) is 26.1 Å². The highest BCUT2D eigenvalue weighted by atomic mass is 16.7. The molecule has 212 valence electrons. The minimum Gasteiger partial charge on any atom is -0.467 e. The molecule has 10 heteroatoms. The number of urea groups is 1. The van der Waals surface area contributed by atoms with Gasteiger partial charge in [-0.25, -0.2) is 4.79 Å². The molecule has 40 heavy (non-hydrogen) atoms. The highest BCUT2D eigenvalue weighted by molar-refractivity contribution is 5.84. The number of benzene rings is 2. The summed E-state index contributed by atoms with van der Waals surface area (Å²) in [7, 11) is 0. The van der Waals surface area contributed by atoms with Crippen molar-refractivity contribution >= 4 is 11.9 Å². The van der Waals surface area contributed by atoms with Gasteiger partial charge in [0, 0.05) is 39.3 Å². The number of morpholine rings is 1. The Balaban J connectivity index is 1.26. The number of carbonyl (C=O) groups is 2. The summed E-state index contributed by atoms with van der Waals surface area (Å²) in [6.45, 7) is 5.66. The van der Waals surface area contributed by atoms with Crippen LogP contribution in [0.3, 0.4) is 0 Å². The number of rotatable bonds is 12. The van der Waals surface area contributed by atoms with E-state index in [0.717, 1.165) is 50.4 Å². The third kappa shape index (κ3) is 7.77. The van der Waals surface area contributed by atoms with Gasteiger partial charge in [0.05, 0.1) is 26.0 Å². The minimum atomic E-state index is -0.264.